The molecule has 4 nitrogen and oxygen atoms in total. The quantitative estimate of drug-likeness (QED) is 0.915. The summed E-state index contributed by atoms with van der Waals surface area (Å²) in [5.74, 6) is -2.26. The molecule has 3 rings (SSSR count). The number of para-hydroxylation sites is 1. The minimum Gasteiger partial charge on any atom is -0.326 e. The van der Waals surface area contributed by atoms with E-state index >= 15 is 0 Å². The number of benzene rings is 2. The molecule has 0 atom stereocenters. The highest BCUT2D eigenvalue weighted by Gasteiger charge is 2.18. The van der Waals surface area contributed by atoms with Crippen LogP contribution in [0.4, 0.5) is 20.2 Å². The van der Waals surface area contributed by atoms with Crippen molar-refractivity contribution in [2.24, 2.45) is 0 Å². The zero-order valence-corrected chi connectivity index (χ0v) is 11.5. The van der Waals surface area contributed by atoms with Crippen molar-refractivity contribution in [3.63, 3.8) is 0 Å². The number of hydrogen-bond acceptors (Lipinski definition) is 2. The van der Waals surface area contributed by atoms with Crippen molar-refractivity contribution in [1.29, 1.82) is 0 Å². The van der Waals surface area contributed by atoms with E-state index in [9.17, 15) is 18.4 Å². The molecule has 112 valence electrons. The molecular weight excluding hydrogens is 290 g/mol. The average molecular weight is 302 g/mol. The highest BCUT2D eigenvalue weighted by Crippen LogP contribution is 2.24. The van der Waals surface area contributed by atoms with Crippen LogP contribution in [-0.4, -0.2) is 11.8 Å². The first-order chi connectivity index (χ1) is 10.5. The van der Waals surface area contributed by atoms with Crippen LogP contribution < -0.4 is 10.6 Å². The molecule has 0 aromatic heterocycles. The van der Waals surface area contributed by atoms with Crippen LogP contribution in [0.2, 0.25) is 0 Å². The highest BCUT2D eigenvalue weighted by molar-refractivity contribution is 5.99. The van der Waals surface area contributed by atoms with Crippen molar-refractivity contribution in [2.45, 2.75) is 12.8 Å². The summed E-state index contributed by atoms with van der Waals surface area (Å²) in [6, 6.07) is 8.53. The van der Waals surface area contributed by atoms with Crippen molar-refractivity contribution in [3.05, 3.63) is 59.2 Å². The van der Waals surface area contributed by atoms with E-state index in [1.54, 1.807) is 18.2 Å². The first kappa shape index (κ1) is 14.2. The Labute approximate surface area is 125 Å². The Morgan fingerprint density at radius 2 is 1.91 bits per heavy atom. The molecule has 0 radical (unpaired) electrons. The number of nitrogens with one attached hydrogen (secondary N) is 2. The van der Waals surface area contributed by atoms with Crippen molar-refractivity contribution in [2.75, 3.05) is 10.6 Å². The summed E-state index contributed by atoms with van der Waals surface area (Å²) in [6.07, 6.45) is 0.238. The van der Waals surface area contributed by atoms with Gasteiger partial charge in [0.15, 0.2) is 0 Å². The Morgan fingerprint density at radius 1 is 1.18 bits per heavy atom. The Morgan fingerprint density at radius 3 is 2.64 bits per heavy atom. The first-order valence-electron chi connectivity index (χ1n) is 6.68. The summed E-state index contributed by atoms with van der Waals surface area (Å²) >= 11 is 0. The monoisotopic (exact) mass is 302 g/mol. The molecule has 0 saturated heterocycles. The normalized spacial score (nSPS) is 12.7. The van der Waals surface area contributed by atoms with Gasteiger partial charge in [-0.15, -0.1) is 0 Å². The van der Waals surface area contributed by atoms with Gasteiger partial charge in [-0.05, 0) is 29.3 Å². The number of amides is 2. The van der Waals surface area contributed by atoms with Crippen LogP contribution in [0.1, 0.15) is 11.1 Å². The molecule has 0 saturated carbocycles. The summed E-state index contributed by atoms with van der Waals surface area (Å²) < 4.78 is 26.9. The number of carbonyl (C=O) groups is 2. The molecule has 0 fully saturated rings. The van der Waals surface area contributed by atoms with Crippen LogP contribution in [0.25, 0.3) is 0 Å². The molecule has 0 unspecified atom stereocenters. The summed E-state index contributed by atoms with van der Waals surface area (Å²) in [6.45, 7) is 0. The highest BCUT2D eigenvalue weighted by atomic mass is 19.1. The number of rotatable bonds is 3. The second-order valence-electron chi connectivity index (χ2n) is 5.04. The summed E-state index contributed by atoms with van der Waals surface area (Å²) in [5.41, 5.74) is 1.76. The zero-order valence-electron chi connectivity index (χ0n) is 11.5. The van der Waals surface area contributed by atoms with E-state index in [4.69, 9.17) is 0 Å². The zero-order chi connectivity index (χ0) is 15.7. The minimum atomic E-state index is -0.822. The molecule has 2 amide bonds. The van der Waals surface area contributed by atoms with Gasteiger partial charge in [0.25, 0.3) is 0 Å². The van der Waals surface area contributed by atoms with E-state index in [0.29, 0.717) is 5.56 Å². The van der Waals surface area contributed by atoms with Gasteiger partial charge >= 0.3 is 0 Å². The largest absolute Gasteiger partial charge is 0.326 e. The van der Waals surface area contributed by atoms with E-state index in [0.717, 1.165) is 23.4 Å². The number of anilines is 2. The third-order valence-corrected chi connectivity index (χ3v) is 3.39. The second kappa shape index (κ2) is 5.55. The fourth-order valence-corrected chi connectivity index (χ4v) is 2.38. The lowest BCUT2D eigenvalue weighted by Crippen LogP contribution is -2.16. The predicted molar refractivity (Wildman–Crippen MR) is 77.5 cm³/mol. The molecule has 6 heteroatoms. The van der Waals surface area contributed by atoms with Gasteiger partial charge in [-0.2, -0.15) is 0 Å². The van der Waals surface area contributed by atoms with Gasteiger partial charge in [0.2, 0.25) is 11.8 Å². The lowest BCUT2D eigenvalue weighted by atomic mass is 10.1. The van der Waals surface area contributed by atoms with Crippen LogP contribution in [0.15, 0.2) is 36.4 Å². The van der Waals surface area contributed by atoms with Gasteiger partial charge < -0.3 is 10.6 Å². The van der Waals surface area contributed by atoms with Crippen LogP contribution in [0, 0.1) is 11.6 Å². The Balaban J connectivity index is 1.73. The molecular formula is C16H12F2N2O2. The molecule has 0 aliphatic carbocycles. The Hall–Kier alpha value is -2.76. The third kappa shape index (κ3) is 2.81. The van der Waals surface area contributed by atoms with Crippen molar-refractivity contribution in [3.8, 4) is 0 Å². The number of halogens is 2. The first-order valence-corrected chi connectivity index (χ1v) is 6.68. The van der Waals surface area contributed by atoms with Gasteiger partial charge in [-0.3, -0.25) is 9.59 Å². The second-order valence-corrected chi connectivity index (χ2v) is 5.04. The van der Waals surface area contributed by atoms with Crippen LogP contribution in [0.3, 0.4) is 0 Å². The maximum Gasteiger partial charge on any atom is 0.228 e. The average Bonchev–Trinajstić information content (AvgIpc) is 2.82. The molecule has 2 aromatic rings. The summed E-state index contributed by atoms with van der Waals surface area (Å²) in [4.78, 5) is 23.2. The molecule has 22 heavy (non-hydrogen) atoms. The standard InChI is InChI=1S/C16H12F2N2O2/c17-11-2-1-3-12(18)16(11)20-14(21)7-9-4-5-13-10(6-9)8-15(22)19-13/h1-6H,7-8H2,(H,19,22)(H,20,21). The number of carbonyl (C=O) groups excluding carboxylic acids is 2. The van der Waals surface area contributed by atoms with E-state index < -0.39 is 23.2 Å². The van der Waals surface area contributed by atoms with Crippen LogP contribution >= 0.6 is 0 Å². The van der Waals surface area contributed by atoms with Gasteiger partial charge in [0.1, 0.15) is 17.3 Å². The fraction of sp³-hybridized carbons (Fsp3) is 0.125. The van der Waals surface area contributed by atoms with E-state index in [1.165, 1.54) is 6.07 Å². The maximum atomic E-state index is 13.5. The maximum absolute atomic E-state index is 13.5. The Kier molecular flexibility index (Phi) is 3.58. The lowest BCUT2D eigenvalue weighted by Gasteiger charge is -2.08. The van der Waals surface area contributed by atoms with Crippen molar-refractivity contribution in [1.82, 2.24) is 0 Å². The summed E-state index contributed by atoms with van der Waals surface area (Å²) in [7, 11) is 0. The van der Waals surface area contributed by atoms with Crippen molar-refractivity contribution >= 4 is 23.2 Å². The summed E-state index contributed by atoms with van der Waals surface area (Å²) in [5, 5.41) is 4.93. The molecule has 1 heterocycles. The van der Waals surface area contributed by atoms with Crippen LogP contribution in [-0.2, 0) is 22.4 Å². The van der Waals surface area contributed by atoms with Crippen LogP contribution in [0.5, 0.6) is 0 Å². The van der Waals surface area contributed by atoms with Gasteiger partial charge in [0.05, 0.1) is 12.8 Å². The van der Waals surface area contributed by atoms with Gasteiger partial charge in [0, 0.05) is 5.69 Å². The third-order valence-electron chi connectivity index (χ3n) is 3.39. The van der Waals surface area contributed by atoms with Crippen molar-refractivity contribution < 1.29 is 18.4 Å². The van der Waals surface area contributed by atoms with E-state index in [1.807, 2.05) is 0 Å². The molecule has 0 bridgehead atoms. The molecule has 2 aromatic carbocycles. The SMILES string of the molecule is O=C1Cc2cc(CC(=O)Nc3c(F)cccc3F)ccc2N1. The van der Waals surface area contributed by atoms with Gasteiger partial charge in [-0.1, -0.05) is 18.2 Å². The lowest BCUT2D eigenvalue weighted by molar-refractivity contribution is -0.116. The number of fused-ring (bicyclic) bond motifs is 1. The predicted octanol–water partition coefficient (Wildman–Crippen LogP) is 2.64. The molecule has 1 aliphatic rings. The Bertz CT molecular complexity index is 754. The molecule has 0 spiro atoms. The van der Waals surface area contributed by atoms with E-state index in [2.05, 4.69) is 10.6 Å². The van der Waals surface area contributed by atoms with E-state index in [-0.39, 0.29) is 18.7 Å². The molecule has 1 aliphatic heterocycles. The minimum absolute atomic E-state index is 0.0325. The molecule has 2 N–H and O–H groups in total. The fourth-order valence-electron chi connectivity index (χ4n) is 2.38. The number of hydrogen-bond donors (Lipinski definition) is 2. The topological polar surface area (TPSA) is 58.2 Å². The van der Waals surface area contributed by atoms with Gasteiger partial charge in [-0.25, -0.2) is 8.78 Å². The smallest absolute Gasteiger partial charge is 0.228 e.